The molecule has 5 nitrogen and oxygen atoms in total. The van der Waals surface area contributed by atoms with E-state index < -0.39 is 26.8 Å². The lowest BCUT2D eigenvalue weighted by atomic mass is 10.2. The van der Waals surface area contributed by atoms with Crippen LogP contribution in [0.1, 0.15) is 27.2 Å². The summed E-state index contributed by atoms with van der Waals surface area (Å²) in [4.78, 5) is 13.8. The highest BCUT2D eigenvalue weighted by Crippen LogP contribution is 2.26. The van der Waals surface area contributed by atoms with Gasteiger partial charge in [0, 0.05) is 17.6 Å². The van der Waals surface area contributed by atoms with Gasteiger partial charge < -0.3 is 9.64 Å². The molecule has 1 aromatic rings. The Labute approximate surface area is 139 Å². The molecule has 2 rings (SSSR count). The maximum absolute atomic E-state index is 12.6. The Bertz CT molecular complexity index is 649. The number of benzene rings is 1. The average molecular weight is 390 g/mol. The minimum atomic E-state index is -3.44. The summed E-state index contributed by atoms with van der Waals surface area (Å²) in [6.07, 6.45) is -0.0292. The highest BCUT2D eigenvalue weighted by atomic mass is 79.9. The second kappa shape index (κ2) is 6.20. The van der Waals surface area contributed by atoms with Gasteiger partial charge in [0.05, 0.1) is 10.1 Å². The quantitative estimate of drug-likeness (QED) is 0.778. The first-order valence-corrected chi connectivity index (χ1v) is 9.41. The van der Waals surface area contributed by atoms with Gasteiger partial charge in [-0.3, -0.25) is 0 Å². The molecule has 0 bridgehead atoms. The van der Waals surface area contributed by atoms with Crippen molar-refractivity contribution < 1.29 is 17.9 Å². The summed E-state index contributed by atoms with van der Waals surface area (Å²) in [5, 5.41) is -0.582. The van der Waals surface area contributed by atoms with Crippen molar-refractivity contribution in [3.05, 3.63) is 28.7 Å². The van der Waals surface area contributed by atoms with E-state index in [0.29, 0.717) is 13.0 Å². The smallest absolute Gasteiger partial charge is 0.410 e. The van der Waals surface area contributed by atoms with Crippen LogP contribution in [0, 0.1) is 0 Å². The van der Waals surface area contributed by atoms with Gasteiger partial charge in [-0.05, 0) is 51.5 Å². The molecule has 122 valence electrons. The van der Waals surface area contributed by atoms with Gasteiger partial charge in [0.1, 0.15) is 5.60 Å². The summed E-state index contributed by atoms with van der Waals surface area (Å²) in [5.74, 6) is 0. The number of rotatable bonds is 2. The van der Waals surface area contributed by atoms with Crippen LogP contribution >= 0.6 is 15.9 Å². The topological polar surface area (TPSA) is 63.7 Å². The summed E-state index contributed by atoms with van der Waals surface area (Å²) in [6.45, 7) is 5.94. The number of amides is 1. The Kier molecular flexibility index (Phi) is 4.87. The summed E-state index contributed by atoms with van der Waals surface area (Å²) >= 11 is 3.29. The molecule has 1 aliphatic rings. The first-order valence-electron chi connectivity index (χ1n) is 7.07. The number of halogens is 1. The third-order valence-electron chi connectivity index (χ3n) is 3.38. The predicted molar refractivity (Wildman–Crippen MR) is 87.5 cm³/mol. The molecule has 0 aliphatic carbocycles. The van der Waals surface area contributed by atoms with Crippen LogP contribution in [0.15, 0.2) is 33.6 Å². The summed E-state index contributed by atoms with van der Waals surface area (Å²) in [5.41, 5.74) is -0.584. The van der Waals surface area contributed by atoms with Gasteiger partial charge in [0.25, 0.3) is 0 Å². The van der Waals surface area contributed by atoms with Gasteiger partial charge in [-0.2, -0.15) is 0 Å². The minimum Gasteiger partial charge on any atom is -0.444 e. The number of nitrogens with zero attached hydrogens (tertiary/aromatic N) is 1. The Morgan fingerprint density at radius 2 is 1.86 bits per heavy atom. The van der Waals surface area contributed by atoms with Crippen LogP contribution in [-0.4, -0.2) is 43.4 Å². The fraction of sp³-hybridized carbons (Fsp3) is 0.533. The molecule has 0 aromatic heterocycles. The third-order valence-corrected chi connectivity index (χ3v) is 6.10. The van der Waals surface area contributed by atoms with Crippen LogP contribution in [-0.2, 0) is 14.6 Å². The van der Waals surface area contributed by atoms with E-state index in [2.05, 4.69) is 15.9 Å². The van der Waals surface area contributed by atoms with Crippen molar-refractivity contribution in [3.63, 3.8) is 0 Å². The van der Waals surface area contributed by atoms with Gasteiger partial charge >= 0.3 is 6.09 Å². The molecule has 22 heavy (non-hydrogen) atoms. The lowest BCUT2D eigenvalue weighted by Gasteiger charge is -2.24. The monoisotopic (exact) mass is 389 g/mol. The van der Waals surface area contributed by atoms with Crippen molar-refractivity contribution in [2.45, 2.75) is 42.9 Å². The van der Waals surface area contributed by atoms with Crippen molar-refractivity contribution in [2.24, 2.45) is 0 Å². The fourth-order valence-electron chi connectivity index (χ4n) is 2.29. The zero-order chi connectivity index (χ0) is 16.5. The molecular formula is C15H20BrNO4S. The van der Waals surface area contributed by atoms with Crippen molar-refractivity contribution in [3.8, 4) is 0 Å². The van der Waals surface area contributed by atoms with Gasteiger partial charge in [-0.1, -0.05) is 15.9 Å². The molecule has 1 fully saturated rings. The lowest BCUT2D eigenvalue weighted by Crippen LogP contribution is -2.36. The molecule has 7 heteroatoms. The van der Waals surface area contributed by atoms with E-state index in [-0.39, 0.29) is 11.4 Å². The number of carbonyl (C=O) groups is 1. The average Bonchev–Trinajstić information content (AvgIpc) is 2.87. The first-order chi connectivity index (χ1) is 10.1. The Hall–Kier alpha value is -1.08. The van der Waals surface area contributed by atoms with Crippen molar-refractivity contribution in [1.29, 1.82) is 0 Å². The number of hydrogen-bond donors (Lipinski definition) is 0. The number of hydrogen-bond acceptors (Lipinski definition) is 4. The van der Waals surface area contributed by atoms with Gasteiger partial charge in [0.15, 0.2) is 9.84 Å². The normalized spacial score (nSPS) is 19.3. The SMILES string of the molecule is CC(C)(C)OC(=O)N1CCC(S(=O)(=O)c2ccc(Br)cc2)C1. The minimum absolute atomic E-state index is 0.174. The van der Waals surface area contributed by atoms with Crippen LogP contribution in [0.25, 0.3) is 0 Å². The van der Waals surface area contributed by atoms with E-state index in [1.807, 2.05) is 0 Å². The Balaban J connectivity index is 2.09. The summed E-state index contributed by atoms with van der Waals surface area (Å²) in [7, 11) is -3.44. The van der Waals surface area contributed by atoms with Crippen LogP contribution in [0.4, 0.5) is 4.79 Å². The number of sulfone groups is 1. The number of carbonyl (C=O) groups excluding carboxylic acids is 1. The molecule has 1 amide bonds. The van der Waals surface area contributed by atoms with Gasteiger partial charge in [-0.15, -0.1) is 0 Å². The van der Waals surface area contributed by atoms with Crippen LogP contribution < -0.4 is 0 Å². The van der Waals surface area contributed by atoms with E-state index in [1.165, 1.54) is 4.90 Å². The molecule has 0 spiro atoms. The van der Waals surface area contributed by atoms with E-state index in [4.69, 9.17) is 4.74 Å². The zero-order valence-corrected chi connectivity index (χ0v) is 15.3. The van der Waals surface area contributed by atoms with Gasteiger partial charge in [0.2, 0.25) is 0 Å². The van der Waals surface area contributed by atoms with Crippen molar-refractivity contribution in [1.82, 2.24) is 4.90 Å². The van der Waals surface area contributed by atoms with E-state index in [1.54, 1.807) is 45.0 Å². The Morgan fingerprint density at radius 3 is 2.41 bits per heavy atom. The molecular weight excluding hydrogens is 370 g/mol. The molecule has 1 atom stereocenters. The maximum atomic E-state index is 12.6. The molecule has 1 unspecified atom stereocenters. The van der Waals surface area contributed by atoms with Crippen molar-refractivity contribution in [2.75, 3.05) is 13.1 Å². The van der Waals surface area contributed by atoms with E-state index in [0.717, 1.165) is 4.47 Å². The maximum Gasteiger partial charge on any atom is 0.410 e. The molecule has 1 aromatic carbocycles. The molecule has 1 saturated heterocycles. The highest BCUT2D eigenvalue weighted by molar-refractivity contribution is 9.10. The van der Waals surface area contributed by atoms with Crippen LogP contribution in [0.5, 0.6) is 0 Å². The van der Waals surface area contributed by atoms with E-state index >= 15 is 0 Å². The van der Waals surface area contributed by atoms with Gasteiger partial charge in [-0.25, -0.2) is 13.2 Å². The second-order valence-corrected chi connectivity index (χ2v) is 9.48. The lowest BCUT2D eigenvalue weighted by molar-refractivity contribution is 0.0295. The molecule has 1 heterocycles. The highest BCUT2D eigenvalue weighted by Gasteiger charge is 2.37. The van der Waals surface area contributed by atoms with E-state index in [9.17, 15) is 13.2 Å². The second-order valence-electron chi connectivity index (χ2n) is 6.34. The summed E-state index contributed by atoms with van der Waals surface area (Å²) < 4.78 is 31.3. The largest absolute Gasteiger partial charge is 0.444 e. The van der Waals surface area contributed by atoms with Crippen LogP contribution in [0.2, 0.25) is 0 Å². The number of ether oxygens (including phenoxy) is 1. The molecule has 0 radical (unpaired) electrons. The standard InChI is InChI=1S/C15H20BrNO4S/c1-15(2,3)21-14(18)17-9-8-13(10-17)22(19,20)12-6-4-11(16)5-7-12/h4-7,13H,8-10H2,1-3H3. The summed E-state index contributed by atoms with van der Waals surface area (Å²) in [6, 6.07) is 6.56. The number of likely N-dealkylation sites (tertiary alicyclic amines) is 1. The fourth-order valence-corrected chi connectivity index (χ4v) is 4.25. The third kappa shape index (κ3) is 4.01. The molecule has 1 aliphatic heterocycles. The molecule has 0 N–H and O–H groups in total. The first kappa shape index (κ1) is 17.3. The molecule has 0 saturated carbocycles. The predicted octanol–water partition coefficient (Wildman–Crippen LogP) is 3.23. The zero-order valence-electron chi connectivity index (χ0n) is 12.9. The Morgan fingerprint density at radius 1 is 1.27 bits per heavy atom. The van der Waals surface area contributed by atoms with Crippen molar-refractivity contribution >= 4 is 31.9 Å². The van der Waals surface area contributed by atoms with Crippen LogP contribution in [0.3, 0.4) is 0 Å².